The number of halogens is 1. The van der Waals surface area contributed by atoms with Gasteiger partial charge in [0.05, 0.1) is 11.4 Å². The Morgan fingerprint density at radius 3 is 2.90 bits per heavy atom. The van der Waals surface area contributed by atoms with Gasteiger partial charge in [0, 0.05) is 30.7 Å². The molecule has 1 amide bonds. The van der Waals surface area contributed by atoms with Gasteiger partial charge in [-0.25, -0.2) is 0 Å². The molecule has 0 radical (unpaired) electrons. The largest absolute Gasteiger partial charge is 0.351 e. The van der Waals surface area contributed by atoms with Gasteiger partial charge in [0.25, 0.3) is 0 Å². The Balaban J connectivity index is 1.27. The number of hydrogen-bond acceptors (Lipinski definition) is 6. The normalized spacial score (nSPS) is 16.8. The lowest BCUT2D eigenvalue weighted by Crippen LogP contribution is -2.38. The Hall–Kier alpha value is -2.42. The molecular weight excluding hydrogens is 408 g/mol. The highest BCUT2D eigenvalue weighted by Crippen LogP contribution is 2.20. The van der Waals surface area contributed by atoms with Crippen molar-refractivity contribution >= 4 is 29.3 Å². The summed E-state index contributed by atoms with van der Waals surface area (Å²) in [5, 5.41) is 16.0. The average Bonchev–Trinajstić information content (AvgIpc) is 3.36. The van der Waals surface area contributed by atoms with Crippen LogP contribution in [0.15, 0.2) is 59.8 Å². The van der Waals surface area contributed by atoms with Gasteiger partial charge in [-0.1, -0.05) is 59.8 Å². The molecule has 150 valence electrons. The first-order valence-electron chi connectivity index (χ1n) is 9.40. The van der Waals surface area contributed by atoms with Crippen LogP contribution in [0, 0.1) is 0 Å². The molecule has 2 aromatic carbocycles. The van der Waals surface area contributed by atoms with Crippen LogP contribution in [-0.4, -0.2) is 55.9 Å². The lowest BCUT2D eigenvalue weighted by molar-refractivity contribution is -0.119. The first-order valence-corrected chi connectivity index (χ1v) is 10.8. The molecule has 1 atom stereocenters. The van der Waals surface area contributed by atoms with Crippen LogP contribution in [0.1, 0.15) is 12.0 Å². The van der Waals surface area contributed by atoms with Crippen LogP contribution in [0.3, 0.4) is 0 Å². The molecule has 9 heteroatoms. The summed E-state index contributed by atoms with van der Waals surface area (Å²) in [4.78, 5) is 14.8. The van der Waals surface area contributed by atoms with E-state index in [1.165, 1.54) is 17.3 Å². The zero-order valence-electron chi connectivity index (χ0n) is 15.7. The standard InChI is InChI=1S/C20H21ClN6OS/c21-16-7-4-8-18(11-16)27-20(23-24-25-27)29-14-19(28)22-17-9-10-26(13-17)12-15-5-2-1-3-6-15/h1-8,11,17H,9-10,12-14H2,(H,22,28)/t17-/m1/s1. The van der Waals surface area contributed by atoms with Gasteiger partial charge in [-0.2, -0.15) is 4.68 Å². The monoisotopic (exact) mass is 428 g/mol. The second-order valence-electron chi connectivity index (χ2n) is 6.92. The summed E-state index contributed by atoms with van der Waals surface area (Å²) < 4.78 is 1.58. The van der Waals surface area contributed by atoms with Gasteiger partial charge in [0.15, 0.2) is 0 Å². The molecule has 2 heterocycles. The maximum Gasteiger partial charge on any atom is 0.230 e. The summed E-state index contributed by atoms with van der Waals surface area (Å²) in [6.07, 6.45) is 0.962. The summed E-state index contributed by atoms with van der Waals surface area (Å²) in [5.74, 6) is 0.248. The fourth-order valence-corrected chi connectivity index (χ4v) is 4.26. The lowest BCUT2D eigenvalue weighted by atomic mass is 10.2. The predicted molar refractivity (Wildman–Crippen MR) is 113 cm³/mol. The summed E-state index contributed by atoms with van der Waals surface area (Å²) in [7, 11) is 0. The molecule has 1 aliphatic rings. The van der Waals surface area contributed by atoms with E-state index in [1.54, 1.807) is 16.8 Å². The number of hydrogen-bond donors (Lipinski definition) is 1. The van der Waals surface area contributed by atoms with E-state index < -0.39 is 0 Å². The van der Waals surface area contributed by atoms with Crippen molar-refractivity contribution in [3.63, 3.8) is 0 Å². The van der Waals surface area contributed by atoms with Gasteiger partial charge in [0.2, 0.25) is 11.1 Å². The number of carbonyl (C=O) groups is 1. The topological polar surface area (TPSA) is 75.9 Å². The van der Waals surface area contributed by atoms with Crippen molar-refractivity contribution in [2.75, 3.05) is 18.8 Å². The van der Waals surface area contributed by atoms with Gasteiger partial charge in [-0.3, -0.25) is 9.69 Å². The van der Waals surface area contributed by atoms with Gasteiger partial charge in [-0.15, -0.1) is 5.10 Å². The minimum atomic E-state index is -0.0118. The van der Waals surface area contributed by atoms with Crippen LogP contribution >= 0.6 is 23.4 Å². The highest BCUT2D eigenvalue weighted by atomic mass is 35.5. The molecule has 1 N–H and O–H groups in total. The summed E-state index contributed by atoms with van der Waals surface area (Å²) in [6.45, 7) is 2.77. The zero-order valence-corrected chi connectivity index (χ0v) is 17.3. The van der Waals surface area contributed by atoms with E-state index >= 15 is 0 Å². The Morgan fingerprint density at radius 1 is 1.21 bits per heavy atom. The van der Waals surface area contributed by atoms with Crippen molar-refractivity contribution in [2.24, 2.45) is 0 Å². The van der Waals surface area contributed by atoms with E-state index in [2.05, 4.69) is 50.0 Å². The number of benzene rings is 2. The second-order valence-corrected chi connectivity index (χ2v) is 8.29. The molecule has 7 nitrogen and oxygen atoms in total. The molecule has 0 unspecified atom stereocenters. The van der Waals surface area contributed by atoms with Crippen LogP contribution < -0.4 is 5.32 Å². The Kier molecular flexibility index (Phi) is 6.43. The number of rotatable bonds is 7. The summed E-state index contributed by atoms with van der Waals surface area (Å²) in [5.41, 5.74) is 2.06. The van der Waals surface area contributed by atoms with E-state index in [0.717, 1.165) is 31.7 Å². The number of aromatic nitrogens is 4. The molecular formula is C20H21ClN6OS. The average molecular weight is 429 g/mol. The third kappa shape index (κ3) is 5.35. The van der Waals surface area contributed by atoms with Crippen LogP contribution in [0.5, 0.6) is 0 Å². The zero-order chi connectivity index (χ0) is 20.1. The van der Waals surface area contributed by atoms with Crippen molar-refractivity contribution in [1.29, 1.82) is 0 Å². The third-order valence-corrected chi connectivity index (χ3v) is 5.87. The smallest absolute Gasteiger partial charge is 0.230 e. The Bertz CT molecular complexity index is 966. The molecule has 1 aliphatic heterocycles. The van der Waals surface area contributed by atoms with E-state index in [9.17, 15) is 4.79 Å². The van der Waals surface area contributed by atoms with E-state index in [4.69, 9.17) is 11.6 Å². The minimum absolute atomic E-state index is 0.0118. The minimum Gasteiger partial charge on any atom is -0.351 e. The molecule has 29 heavy (non-hydrogen) atoms. The molecule has 0 spiro atoms. The first kappa shape index (κ1) is 19.9. The molecule has 3 aromatic rings. The maximum absolute atomic E-state index is 12.4. The molecule has 0 saturated carbocycles. The predicted octanol–water partition coefficient (Wildman–Crippen LogP) is 2.80. The van der Waals surface area contributed by atoms with Crippen molar-refractivity contribution in [3.05, 3.63) is 65.2 Å². The quantitative estimate of drug-likeness (QED) is 0.583. The number of thioether (sulfide) groups is 1. The fourth-order valence-electron chi connectivity index (χ4n) is 3.37. The van der Waals surface area contributed by atoms with Crippen LogP contribution in [0.25, 0.3) is 5.69 Å². The number of nitrogens with zero attached hydrogens (tertiary/aromatic N) is 5. The number of likely N-dealkylation sites (tertiary alicyclic amines) is 1. The second kappa shape index (κ2) is 9.39. The molecule has 0 bridgehead atoms. The SMILES string of the molecule is O=C(CSc1nnnn1-c1cccc(Cl)c1)N[C@@H]1CCN(Cc2ccccc2)C1. The summed E-state index contributed by atoms with van der Waals surface area (Å²) >= 11 is 7.35. The molecule has 1 aromatic heterocycles. The van der Waals surface area contributed by atoms with Gasteiger partial charge in [-0.05, 0) is 40.6 Å². The van der Waals surface area contributed by atoms with Crippen LogP contribution in [0.4, 0.5) is 0 Å². The van der Waals surface area contributed by atoms with Crippen molar-refractivity contribution < 1.29 is 4.79 Å². The molecule has 0 aliphatic carbocycles. The van der Waals surface area contributed by atoms with Crippen molar-refractivity contribution in [2.45, 2.75) is 24.2 Å². The lowest BCUT2D eigenvalue weighted by Gasteiger charge is -2.16. The van der Waals surface area contributed by atoms with E-state index in [-0.39, 0.29) is 17.7 Å². The van der Waals surface area contributed by atoms with Crippen LogP contribution in [0.2, 0.25) is 5.02 Å². The van der Waals surface area contributed by atoms with Gasteiger partial charge in [0.1, 0.15) is 0 Å². The van der Waals surface area contributed by atoms with Gasteiger partial charge >= 0.3 is 0 Å². The number of nitrogens with one attached hydrogen (secondary N) is 1. The third-order valence-electron chi connectivity index (χ3n) is 4.71. The number of carbonyl (C=O) groups excluding carboxylic acids is 1. The molecule has 1 fully saturated rings. The van der Waals surface area contributed by atoms with Crippen LogP contribution in [-0.2, 0) is 11.3 Å². The molecule has 1 saturated heterocycles. The van der Waals surface area contributed by atoms with E-state index in [0.29, 0.717) is 10.2 Å². The Morgan fingerprint density at radius 2 is 2.07 bits per heavy atom. The highest BCUT2D eigenvalue weighted by molar-refractivity contribution is 7.99. The van der Waals surface area contributed by atoms with Gasteiger partial charge < -0.3 is 5.32 Å². The molecule has 4 rings (SSSR count). The van der Waals surface area contributed by atoms with E-state index in [1.807, 2.05) is 18.2 Å². The van der Waals surface area contributed by atoms with Crippen molar-refractivity contribution in [3.8, 4) is 5.69 Å². The number of tetrazole rings is 1. The fraction of sp³-hybridized carbons (Fsp3) is 0.300. The van der Waals surface area contributed by atoms with Crippen molar-refractivity contribution in [1.82, 2.24) is 30.4 Å². The first-order chi connectivity index (χ1) is 14.2. The highest BCUT2D eigenvalue weighted by Gasteiger charge is 2.24. The maximum atomic E-state index is 12.4. The summed E-state index contributed by atoms with van der Waals surface area (Å²) in [6, 6.07) is 17.8. The number of amides is 1. The Labute approximate surface area is 178 Å².